The van der Waals surface area contributed by atoms with E-state index in [1.54, 1.807) is 11.8 Å². The van der Waals surface area contributed by atoms with Crippen molar-refractivity contribution >= 4 is 17.7 Å². The lowest BCUT2D eigenvalue weighted by Crippen LogP contribution is -2.15. The number of aromatic nitrogens is 2. The third-order valence-electron chi connectivity index (χ3n) is 3.96. The number of carbonyl (C=O) groups excluding carboxylic acids is 1. The molecule has 2 aromatic carbocycles. The zero-order valence-electron chi connectivity index (χ0n) is 14.3. The average Bonchev–Trinajstić information content (AvgIpc) is 2.85. The Kier molecular flexibility index (Phi) is 4.58. The third-order valence-corrected chi connectivity index (χ3v) is 5.26. The van der Waals surface area contributed by atoms with Gasteiger partial charge in [0.05, 0.1) is 16.3 Å². The van der Waals surface area contributed by atoms with Crippen molar-refractivity contribution in [3.63, 3.8) is 0 Å². The standard InChI is InChI=1S/C20H20N2OS/c1-13-5-9-17(10-6-13)20(23)22-16(4)19(15(3)21-22)24-18-11-7-14(2)8-12-18/h5-12H,1-4H3. The molecule has 24 heavy (non-hydrogen) atoms. The van der Waals surface area contributed by atoms with Crippen LogP contribution in [0.3, 0.4) is 0 Å². The zero-order valence-corrected chi connectivity index (χ0v) is 15.1. The van der Waals surface area contributed by atoms with E-state index in [0.29, 0.717) is 5.56 Å². The van der Waals surface area contributed by atoms with Gasteiger partial charge in [-0.2, -0.15) is 9.78 Å². The molecule has 0 bridgehead atoms. The van der Waals surface area contributed by atoms with E-state index >= 15 is 0 Å². The first-order valence-electron chi connectivity index (χ1n) is 7.88. The van der Waals surface area contributed by atoms with Crippen LogP contribution in [0.1, 0.15) is 32.9 Å². The number of rotatable bonds is 3. The number of carbonyl (C=O) groups is 1. The first kappa shape index (κ1) is 16.5. The summed E-state index contributed by atoms with van der Waals surface area (Å²) in [7, 11) is 0. The van der Waals surface area contributed by atoms with Crippen LogP contribution in [0.2, 0.25) is 0 Å². The molecule has 0 radical (unpaired) electrons. The van der Waals surface area contributed by atoms with Crippen molar-refractivity contribution < 1.29 is 4.79 Å². The Balaban J connectivity index is 1.92. The molecule has 0 saturated carbocycles. The molecule has 0 spiro atoms. The highest BCUT2D eigenvalue weighted by Crippen LogP contribution is 2.33. The minimum atomic E-state index is -0.0913. The summed E-state index contributed by atoms with van der Waals surface area (Å²) >= 11 is 1.65. The molecule has 0 atom stereocenters. The van der Waals surface area contributed by atoms with Crippen LogP contribution in [0, 0.1) is 27.7 Å². The van der Waals surface area contributed by atoms with Gasteiger partial charge in [0.15, 0.2) is 0 Å². The van der Waals surface area contributed by atoms with Gasteiger partial charge in [-0.3, -0.25) is 4.79 Å². The van der Waals surface area contributed by atoms with Gasteiger partial charge in [0.2, 0.25) is 0 Å². The summed E-state index contributed by atoms with van der Waals surface area (Å²) in [6.45, 7) is 7.97. The molecule has 0 fully saturated rings. The van der Waals surface area contributed by atoms with Gasteiger partial charge in [-0.05, 0) is 52.0 Å². The van der Waals surface area contributed by atoms with Gasteiger partial charge in [-0.1, -0.05) is 47.2 Å². The molecule has 0 unspecified atom stereocenters. The monoisotopic (exact) mass is 336 g/mol. The van der Waals surface area contributed by atoms with Gasteiger partial charge in [-0.25, -0.2) is 0 Å². The molecule has 0 N–H and O–H groups in total. The largest absolute Gasteiger partial charge is 0.278 e. The smallest absolute Gasteiger partial charge is 0.267 e. The number of hydrogen-bond acceptors (Lipinski definition) is 3. The van der Waals surface area contributed by atoms with E-state index in [1.807, 2.05) is 45.0 Å². The van der Waals surface area contributed by atoms with Crippen molar-refractivity contribution in [1.82, 2.24) is 9.78 Å². The van der Waals surface area contributed by atoms with Gasteiger partial charge in [0.1, 0.15) is 0 Å². The van der Waals surface area contributed by atoms with Crippen molar-refractivity contribution in [3.8, 4) is 0 Å². The van der Waals surface area contributed by atoms with Crippen molar-refractivity contribution in [2.24, 2.45) is 0 Å². The van der Waals surface area contributed by atoms with E-state index < -0.39 is 0 Å². The molecule has 3 nitrogen and oxygen atoms in total. The maximum atomic E-state index is 12.7. The third kappa shape index (κ3) is 3.29. The van der Waals surface area contributed by atoms with Gasteiger partial charge < -0.3 is 0 Å². The van der Waals surface area contributed by atoms with Crippen LogP contribution in [-0.2, 0) is 0 Å². The van der Waals surface area contributed by atoms with E-state index in [9.17, 15) is 4.79 Å². The Labute approximate surface area is 146 Å². The van der Waals surface area contributed by atoms with Crippen molar-refractivity contribution in [3.05, 3.63) is 76.6 Å². The van der Waals surface area contributed by atoms with Crippen LogP contribution < -0.4 is 0 Å². The number of nitrogens with zero attached hydrogens (tertiary/aromatic N) is 2. The quantitative estimate of drug-likeness (QED) is 0.678. The van der Waals surface area contributed by atoms with Crippen LogP contribution in [0.25, 0.3) is 0 Å². The fourth-order valence-electron chi connectivity index (χ4n) is 2.52. The van der Waals surface area contributed by atoms with E-state index in [4.69, 9.17) is 0 Å². The topological polar surface area (TPSA) is 34.9 Å². The molecule has 1 heterocycles. The van der Waals surface area contributed by atoms with Crippen LogP contribution in [0.5, 0.6) is 0 Å². The Morgan fingerprint density at radius 3 is 2.00 bits per heavy atom. The Morgan fingerprint density at radius 2 is 1.42 bits per heavy atom. The Bertz CT molecular complexity index is 877. The molecule has 0 amide bonds. The van der Waals surface area contributed by atoms with Gasteiger partial charge in [0, 0.05) is 10.5 Å². The fraction of sp³-hybridized carbons (Fsp3) is 0.200. The minimum absolute atomic E-state index is 0.0913. The van der Waals surface area contributed by atoms with Crippen molar-refractivity contribution in [1.29, 1.82) is 0 Å². The molecule has 0 saturated heterocycles. The second-order valence-electron chi connectivity index (χ2n) is 6.00. The number of benzene rings is 2. The number of aryl methyl sites for hydroxylation is 3. The maximum Gasteiger partial charge on any atom is 0.278 e. The molecular formula is C20H20N2OS. The summed E-state index contributed by atoms with van der Waals surface area (Å²) < 4.78 is 1.51. The van der Waals surface area contributed by atoms with E-state index in [0.717, 1.165) is 26.7 Å². The summed E-state index contributed by atoms with van der Waals surface area (Å²) in [6.07, 6.45) is 0. The molecule has 0 aliphatic carbocycles. The Hall–Kier alpha value is -2.33. The van der Waals surface area contributed by atoms with Crippen LogP contribution in [-0.4, -0.2) is 15.7 Å². The van der Waals surface area contributed by atoms with E-state index in [2.05, 4.69) is 36.3 Å². The van der Waals surface area contributed by atoms with Crippen LogP contribution in [0.15, 0.2) is 58.3 Å². The second kappa shape index (κ2) is 6.65. The van der Waals surface area contributed by atoms with Gasteiger partial charge >= 0.3 is 0 Å². The predicted octanol–water partition coefficient (Wildman–Crippen LogP) is 4.96. The predicted molar refractivity (Wildman–Crippen MR) is 97.9 cm³/mol. The lowest BCUT2D eigenvalue weighted by Gasteiger charge is -2.05. The molecule has 4 heteroatoms. The van der Waals surface area contributed by atoms with Crippen LogP contribution >= 0.6 is 11.8 Å². The maximum absolute atomic E-state index is 12.7. The lowest BCUT2D eigenvalue weighted by molar-refractivity contribution is 0.0942. The highest BCUT2D eigenvalue weighted by Gasteiger charge is 2.18. The molecule has 3 aromatic rings. The summed E-state index contributed by atoms with van der Waals surface area (Å²) in [6, 6.07) is 16.0. The van der Waals surface area contributed by atoms with Crippen LogP contribution in [0.4, 0.5) is 0 Å². The SMILES string of the molecule is Cc1ccc(Sc2c(C)nn(C(=O)c3ccc(C)cc3)c2C)cc1. The van der Waals surface area contributed by atoms with Gasteiger partial charge in [-0.15, -0.1) is 0 Å². The lowest BCUT2D eigenvalue weighted by atomic mass is 10.1. The summed E-state index contributed by atoms with van der Waals surface area (Å²) in [5.74, 6) is -0.0913. The van der Waals surface area contributed by atoms with E-state index in [-0.39, 0.29) is 5.91 Å². The van der Waals surface area contributed by atoms with Gasteiger partial charge in [0.25, 0.3) is 5.91 Å². The highest BCUT2D eigenvalue weighted by atomic mass is 32.2. The fourth-order valence-corrected chi connectivity index (χ4v) is 3.45. The normalized spacial score (nSPS) is 10.8. The molecule has 3 rings (SSSR count). The summed E-state index contributed by atoms with van der Waals surface area (Å²) in [5.41, 5.74) is 4.77. The Morgan fingerprint density at radius 1 is 0.875 bits per heavy atom. The first-order chi connectivity index (χ1) is 11.5. The molecule has 0 aliphatic heterocycles. The minimum Gasteiger partial charge on any atom is -0.267 e. The molecule has 0 aliphatic rings. The highest BCUT2D eigenvalue weighted by molar-refractivity contribution is 7.99. The molecule has 122 valence electrons. The first-order valence-corrected chi connectivity index (χ1v) is 8.69. The van der Waals surface area contributed by atoms with Crippen molar-refractivity contribution in [2.45, 2.75) is 37.5 Å². The average molecular weight is 336 g/mol. The second-order valence-corrected chi connectivity index (χ2v) is 7.08. The molecular weight excluding hydrogens is 316 g/mol. The molecule has 1 aromatic heterocycles. The zero-order chi connectivity index (χ0) is 17.3. The summed E-state index contributed by atoms with van der Waals surface area (Å²) in [5, 5.41) is 4.47. The number of hydrogen-bond donors (Lipinski definition) is 0. The van der Waals surface area contributed by atoms with Crippen molar-refractivity contribution in [2.75, 3.05) is 0 Å². The summed E-state index contributed by atoms with van der Waals surface area (Å²) in [4.78, 5) is 14.9. The van der Waals surface area contributed by atoms with E-state index in [1.165, 1.54) is 10.2 Å².